The molecule has 1 N–H and O–H groups in total. The molecule has 1 saturated heterocycles. The van der Waals surface area contributed by atoms with E-state index < -0.39 is 11.0 Å². The van der Waals surface area contributed by atoms with E-state index in [1.165, 1.54) is 12.1 Å². The van der Waals surface area contributed by atoms with Crippen LogP contribution in [0.4, 0.5) is 11.4 Å². The first-order valence-corrected chi connectivity index (χ1v) is 8.48. The molecule has 1 aliphatic heterocycles. The number of nitro groups is 1. The molecule has 1 amide bonds. The van der Waals surface area contributed by atoms with Crippen molar-refractivity contribution in [2.75, 3.05) is 31.6 Å². The first-order chi connectivity index (χ1) is 12.5. The van der Waals surface area contributed by atoms with E-state index in [1.807, 2.05) is 36.1 Å². The molecule has 0 radical (unpaired) electrons. The summed E-state index contributed by atoms with van der Waals surface area (Å²) in [5, 5.41) is 14.0. The van der Waals surface area contributed by atoms with Crippen molar-refractivity contribution in [2.45, 2.75) is 13.0 Å². The zero-order chi connectivity index (χ0) is 18.5. The maximum atomic E-state index is 13.0. The molecule has 7 heteroatoms. The van der Waals surface area contributed by atoms with Gasteiger partial charge >= 0.3 is 0 Å². The van der Waals surface area contributed by atoms with Crippen LogP contribution in [-0.4, -0.2) is 42.0 Å². The lowest BCUT2D eigenvalue weighted by Crippen LogP contribution is -2.43. The van der Waals surface area contributed by atoms with Crippen LogP contribution in [-0.2, 0) is 9.53 Å². The molecule has 7 nitrogen and oxygen atoms in total. The maximum absolute atomic E-state index is 13.0. The smallest absolute Gasteiger partial charge is 0.269 e. The van der Waals surface area contributed by atoms with E-state index >= 15 is 0 Å². The van der Waals surface area contributed by atoms with Gasteiger partial charge in [-0.2, -0.15) is 0 Å². The molecule has 2 aromatic carbocycles. The Labute approximate surface area is 151 Å². The molecule has 2 aromatic rings. The molecule has 26 heavy (non-hydrogen) atoms. The highest BCUT2D eigenvalue weighted by Crippen LogP contribution is 2.27. The highest BCUT2D eigenvalue weighted by atomic mass is 16.6. The van der Waals surface area contributed by atoms with Gasteiger partial charge in [0.2, 0.25) is 5.91 Å². The van der Waals surface area contributed by atoms with Crippen LogP contribution in [0.25, 0.3) is 0 Å². The van der Waals surface area contributed by atoms with Crippen LogP contribution in [0.2, 0.25) is 0 Å². The summed E-state index contributed by atoms with van der Waals surface area (Å²) in [7, 11) is 0. The van der Waals surface area contributed by atoms with E-state index in [-0.39, 0.29) is 11.6 Å². The van der Waals surface area contributed by atoms with Gasteiger partial charge in [-0.05, 0) is 24.6 Å². The number of hydrogen-bond acceptors (Lipinski definition) is 5. The van der Waals surface area contributed by atoms with Crippen molar-refractivity contribution in [1.29, 1.82) is 0 Å². The van der Waals surface area contributed by atoms with E-state index in [4.69, 9.17) is 4.74 Å². The van der Waals surface area contributed by atoms with Gasteiger partial charge in [0.1, 0.15) is 6.04 Å². The Bertz CT molecular complexity index is 786. The van der Waals surface area contributed by atoms with Gasteiger partial charge in [-0.1, -0.05) is 29.8 Å². The van der Waals surface area contributed by atoms with Crippen LogP contribution in [0.1, 0.15) is 17.2 Å². The Morgan fingerprint density at radius 1 is 1.19 bits per heavy atom. The number of nitro benzene ring substituents is 1. The van der Waals surface area contributed by atoms with Crippen molar-refractivity contribution in [3.05, 3.63) is 69.8 Å². The maximum Gasteiger partial charge on any atom is 0.269 e. The average Bonchev–Trinajstić information content (AvgIpc) is 2.65. The predicted molar refractivity (Wildman–Crippen MR) is 98.0 cm³/mol. The van der Waals surface area contributed by atoms with Crippen molar-refractivity contribution in [3.63, 3.8) is 0 Å². The van der Waals surface area contributed by atoms with Crippen molar-refractivity contribution < 1.29 is 14.5 Å². The Hall–Kier alpha value is -2.77. The number of carbonyl (C=O) groups is 1. The van der Waals surface area contributed by atoms with Crippen LogP contribution < -0.4 is 5.32 Å². The molecule has 3 rings (SSSR count). The third-order valence-corrected chi connectivity index (χ3v) is 4.38. The predicted octanol–water partition coefficient (Wildman–Crippen LogP) is 2.92. The summed E-state index contributed by atoms with van der Waals surface area (Å²) in [5.74, 6) is -0.212. The van der Waals surface area contributed by atoms with Gasteiger partial charge in [-0.25, -0.2) is 0 Å². The van der Waals surface area contributed by atoms with E-state index in [0.717, 1.165) is 5.56 Å². The summed E-state index contributed by atoms with van der Waals surface area (Å²) in [6.45, 7) is 4.22. The number of non-ortho nitro benzene ring substituents is 1. The molecular weight excluding hydrogens is 334 g/mol. The van der Waals surface area contributed by atoms with E-state index in [1.54, 1.807) is 12.1 Å². The molecule has 0 spiro atoms. The quantitative estimate of drug-likeness (QED) is 0.658. The molecule has 1 unspecified atom stereocenters. The van der Waals surface area contributed by atoms with Crippen LogP contribution in [0, 0.1) is 17.0 Å². The first-order valence-electron chi connectivity index (χ1n) is 8.48. The lowest BCUT2D eigenvalue weighted by Gasteiger charge is -2.33. The topological polar surface area (TPSA) is 84.7 Å². The molecule has 0 saturated carbocycles. The van der Waals surface area contributed by atoms with Crippen molar-refractivity contribution in [3.8, 4) is 0 Å². The first kappa shape index (κ1) is 18.0. The Morgan fingerprint density at radius 3 is 2.54 bits per heavy atom. The minimum atomic E-state index is -0.611. The zero-order valence-corrected chi connectivity index (χ0v) is 14.6. The fraction of sp³-hybridized carbons (Fsp3) is 0.316. The Kier molecular flexibility index (Phi) is 5.60. The third kappa shape index (κ3) is 4.25. The standard InChI is InChI=1S/C19H21N3O4/c1-14-5-7-16(8-6-14)20-19(23)18(21-9-11-26-12-10-21)15-3-2-4-17(13-15)22(24)25/h2-8,13,18H,9-12H2,1H3,(H,20,23). The number of nitrogens with zero attached hydrogens (tertiary/aromatic N) is 2. The number of aryl methyl sites for hydroxylation is 1. The summed E-state index contributed by atoms with van der Waals surface area (Å²) >= 11 is 0. The van der Waals surface area contributed by atoms with Gasteiger partial charge in [0.05, 0.1) is 18.1 Å². The van der Waals surface area contributed by atoms with Gasteiger partial charge < -0.3 is 10.1 Å². The molecule has 1 atom stereocenters. The number of anilines is 1. The van der Waals surface area contributed by atoms with Crippen LogP contribution in [0.15, 0.2) is 48.5 Å². The second-order valence-corrected chi connectivity index (χ2v) is 6.26. The number of benzene rings is 2. The molecule has 0 aliphatic carbocycles. The second kappa shape index (κ2) is 8.07. The largest absolute Gasteiger partial charge is 0.379 e. The number of rotatable bonds is 5. The summed E-state index contributed by atoms with van der Waals surface area (Å²) in [6.07, 6.45) is 0. The van der Waals surface area contributed by atoms with Crippen molar-refractivity contribution in [1.82, 2.24) is 4.90 Å². The second-order valence-electron chi connectivity index (χ2n) is 6.26. The van der Waals surface area contributed by atoms with E-state index in [0.29, 0.717) is 37.6 Å². The van der Waals surface area contributed by atoms with Gasteiger partial charge in [0.15, 0.2) is 0 Å². The SMILES string of the molecule is Cc1ccc(NC(=O)C(c2cccc([N+](=O)[O-])c2)N2CCOCC2)cc1. The van der Waals surface area contributed by atoms with Crippen LogP contribution >= 0.6 is 0 Å². The molecule has 0 bridgehead atoms. The lowest BCUT2D eigenvalue weighted by atomic mass is 10.0. The Balaban J connectivity index is 1.89. The minimum absolute atomic E-state index is 0.0242. The number of amides is 1. The molecular formula is C19H21N3O4. The van der Waals surface area contributed by atoms with Crippen molar-refractivity contribution >= 4 is 17.3 Å². The molecule has 1 aliphatic rings. The number of carbonyl (C=O) groups excluding carboxylic acids is 1. The number of morpholine rings is 1. The monoisotopic (exact) mass is 355 g/mol. The lowest BCUT2D eigenvalue weighted by molar-refractivity contribution is -0.384. The minimum Gasteiger partial charge on any atom is -0.379 e. The molecule has 1 fully saturated rings. The molecule has 0 aromatic heterocycles. The van der Waals surface area contributed by atoms with Gasteiger partial charge in [-0.3, -0.25) is 19.8 Å². The third-order valence-electron chi connectivity index (χ3n) is 4.38. The molecule has 136 valence electrons. The van der Waals surface area contributed by atoms with Gasteiger partial charge in [-0.15, -0.1) is 0 Å². The number of nitrogens with one attached hydrogen (secondary N) is 1. The van der Waals surface area contributed by atoms with E-state index in [2.05, 4.69) is 5.32 Å². The average molecular weight is 355 g/mol. The summed E-state index contributed by atoms with van der Waals surface area (Å²) in [5.41, 5.74) is 2.38. The van der Waals surface area contributed by atoms with Gasteiger partial charge in [0.25, 0.3) is 5.69 Å². The normalized spacial score (nSPS) is 16.0. The zero-order valence-electron chi connectivity index (χ0n) is 14.6. The van der Waals surface area contributed by atoms with E-state index in [9.17, 15) is 14.9 Å². The van der Waals surface area contributed by atoms with Crippen LogP contribution in [0.3, 0.4) is 0 Å². The highest BCUT2D eigenvalue weighted by molar-refractivity contribution is 5.95. The fourth-order valence-electron chi connectivity index (χ4n) is 3.02. The fourth-order valence-corrected chi connectivity index (χ4v) is 3.02. The summed E-state index contributed by atoms with van der Waals surface area (Å²) < 4.78 is 5.38. The van der Waals surface area contributed by atoms with Crippen LogP contribution in [0.5, 0.6) is 0 Å². The Morgan fingerprint density at radius 2 is 1.88 bits per heavy atom. The van der Waals surface area contributed by atoms with Crippen molar-refractivity contribution in [2.24, 2.45) is 0 Å². The highest BCUT2D eigenvalue weighted by Gasteiger charge is 2.30. The number of hydrogen-bond donors (Lipinski definition) is 1. The van der Waals surface area contributed by atoms with Gasteiger partial charge in [0, 0.05) is 30.9 Å². The summed E-state index contributed by atoms with van der Waals surface area (Å²) in [4.78, 5) is 25.7. The number of ether oxygens (including phenoxy) is 1. The molecule has 1 heterocycles. The summed E-state index contributed by atoms with van der Waals surface area (Å²) in [6, 6.07) is 13.2.